The fourth-order valence-electron chi connectivity index (χ4n) is 4.76. The third-order valence-corrected chi connectivity index (χ3v) is 6.21. The number of hydrogen-bond acceptors (Lipinski definition) is 7. The number of rotatable bonds is 7. The molecule has 0 bridgehead atoms. The van der Waals surface area contributed by atoms with Gasteiger partial charge < -0.3 is 18.9 Å². The second-order valence-corrected chi connectivity index (χ2v) is 7.52. The van der Waals surface area contributed by atoms with Crippen LogP contribution >= 0.6 is 0 Å². The van der Waals surface area contributed by atoms with Gasteiger partial charge in [-0.25, -0.2) is 0 Å². The first-order valence-electron chi connectivity index (χ1n) is 9.94. The maximum Gasteiger partial charge on any atom is 0.324 e. The molecule has 0 spiro atoms. The topological polar surface area (TPSA) is 120 Å². The summed E-state index contributed by atoms with van der Waals surface area (Å²) in [7, 11) is 5.46. The summed E-state index contributed by atoms with van der Waals surface area (Å²) in [4.78, 5) is 29.5. The van der Waals surface area contributed by atoms with Crippen molar-refractivity contribution in [3.63, 3.8) is 0 Å². The average molecular weight is 439 g/mol. The SMILES string of the molecule is COC(=O)C1(C(=O)OC)C[C@H](c2ccc(OC)c(OC)c2)C[C@@]1(N=[N+]=[N-])c1ccccc1. The summed E-state index contributed by atoms with van der Waals surface area (Å²) in [5.41, 5.74) is 7.41. The molecular formula is C23H25N3O6. The summed E-state index contributed by atoms with van der Waals surface area (Å²) in [6, 6.07) is 14.1. The molecule has 1 aliphatic carbocycles. The van der Waals surface area contributed by atoms with E-state index in [9.17, 15) is 15.1 Å². The molecule has 9 heteroatoms. The van der Waals surface area contributed by atoms with Crippen LogP contribution in [0.3, 0.4) is 0 Å². The van der Waals surface area contributed by atoms with Crippen LogP contribution in [0.25, 0.3) is 10.4 Å². The van der Waals surface area contributed by atoms with Gasteiger partial charge in [0.1, 0.15) is 5.54 Å². The van der Waals surface area contributed by atoms with E-state index >= 15 is 0 Å². The predicted octanol–water partition coefficient (Wildman–Crippen LogP) is 4.12. The molecular weight excluding hydrogens is 414 g/mol. The van der Waals surface area contributed by atoms with Gasteiger partial charge in [-0.05, 0) is 47.6 Å². The van der Waals surface area contributed by atoms with Gasteiger partial charge in [0.15, 0.2) is 16.9 Å². The van der Waals surface area contributed by atoms with Crippen molar-refractivity contribution in [1.82, 2.24) is 0 Å². The number of hydrogen-bond donors (Lipinski definition) is 0. The highest BCUT2D eigenvalue weighted by Crippen LogP contribution is 2.62. The van der Waals surface area contributed by atoms with E-state index < -0.39 is 22.9 Å². The highest BCUT2D eigenvalue weighted by atomic mass is 16.5. The van der Waals surface area contributed by atoms with E-state index in [1.54, 1.807) is 42.5 Å². The summed E-state index contributed by atoms with van der Waals surface area (Å²) < 4.78 is 20.9. The highest BCUT2D eigenvalue weighted by Gasteiger charge is 2.69. The normalized spacial score (nSPS) is 21.2. The fraction of sp³-hybridized carbons (Fsp3) is 0.391. The molecule has 0 N–H and O–H groups in total. The Balaban J connectivity index is 2.29. The van der Waals surface area contributed by atoms with E-state index in [0.717, 1.165) is 5.56 Å². The lowest BCUT2D eigenvalue weighted by Gasteiger charge is -2.38. The molecule has 1 saturated carbocycles. The molecule has 168 valence electrons. The summed E-state index contributed by atoms with van der Waals surface area (Å²) in [6.45, 7) is 0. The molecule has 0 amide bonds. The van der Waals surface area contributed by atoms with Crippen LogP contribution in [0.4, 0.5) is 0 Å². The number of methoxy groups -OCH3 is 4. The van der Waals surface area contributed by atoms with Crippen molar-refractivity contribution in [1.29, 1.82) is 0 Å². The third-order valence-electron chi connectivity index (χ3n) is 6.21. The maximum absolute atomic E-state index is 13.2. The van der Waals surface area contributed by atoms with Crippen molar-refractivity contribution in [2.75, 3.05) is 28.4 Å². The van der Waals surface area contributed by atoms with Crippen LogP contribution in [0.15, 0.2) is 53.6 Å². The second-order valence-electron chi connectivity index (χ2n) is 7.52. The van der Waals surface area contributed by atoms with Gasteiger partial charge in [-0.1, -0.05) is 41.5 Å². The van der Waals surface area contributed by atoms with Crippen LogP contribution in [0.1, 0.15) is 29.9 Å². The Morgan fingerprint density at radius 3 is 2.09 bits per heavy atom. The quantitative estimate of drug-likeness (QED) is 0.210. The zero-order valence-electron chi connectivity index (χ0n) is 18.4. The lowest BCUT2D eigenvalue weighted by atomic mass is 9.68. The number of esters is 2. The van der Waals surface area contributed by atoms with Crippen LogP contribution in [-0.4, -0.2) is 40.4 Å². The Bertz CT molecular complexity index is 1030. The average Bonchev–Trinajstić information content (AvgIpc) is 3.20. The monoisotopic (exact) mass is 439 g/mol. The summed E-state index contributed by atoms with van der Waals surface area (Å²) >= 11 is 0. The molecule has 2 atom stereocenters. The number of benzene rings is 2. The first kappa shape index (κ1) is 23.0. The smallest absolute Gasteiger partial charge is 0.324 e. The van der Waals surface area contributed by atoms with Crippen molar-refractivity contribution in [2.24, 2.45) is 10.5 Å². The zero-order chi connectivity index (χ0) is 23.4. The minimum absolute atomic E-state index is 0.0236. The van der Waals surface area contributed by atoms with Gasteiger partial charge in [-0.2, -0.15) is 0 Å². The third kappa shape index (κ3) is 3.40. The van der Waals surface area contributed by atoms with Crippen LogP contribution < -0.4 is 9.47 Å². The van der Waals surface area contributed by atoms with E-state index in [-0.39, 0.29) is 18.8 Å². The van der Waals surface area contributed by atoms with Crippen LogP contribution in [-0.2, 0) is 24.6 Å². The van der Waals surface area contributed by atoms with Gasteiger partial charge in [0, 0.05) is 4.91 Å². The van der Waals surface area contributed by atoms with Gasteiger partial charge >= 0.3 is 11.9 Å². The number of azide groups is 1. The Morgan fingerprint density at radius 2 is 1.56 bits per heavy atom. The minimum atomic E-state index is -1.87. The Kier molecular flexibility index (Phi) is 6.60. The molecule has 9 nitrogen and oxygen atoms in total. The maximum atomic E-state index is 13.2. The fourth-order valence-corrected chi connectivity index (χ4v) is 4.76. The minimum Gasteiger partial charge on any atom is -0.493 e. The van der Waals surface area contributed by atoms with Crippen molar-refractivity contribution < 1.29 is 28.5 Å². The molecule has 1 aliphatic rings. The first-order chi connectivity index (χ1) is 15.4. The van der Waals surface area contributed by atoms with Crippen LogP contribution in [0, 0.1) is 5.41 Å². The number of ether oxygens (including phenoxy) is 4. The van der Waals surface area contributed by atoms with Crippen molar-refractivity contribution in [3.8, 4) is 11.5 Å². The van der Waals surface area contributed by atoms with E-state index in [2.05, 4.69) is 10.0 Å². The molecule has 32 heavy (non-hydrogen) atoms. The molecule has 0 heterocycles. The molecule has 0 radical (unpaired) electrons. The zero-order valence-corrected chi connectivity index (χ0v) is 18.4. The van der Waals surface area contributed by atoms with Crippen LogP contribution in [0.5, 0.6) is 11.5 Å². The van der Waals surface area contributed by atoms with Gasteiger partial charge in [-0.3, -0.25) is 9.59 Å². The number of carbonyl (C=O) groups excluding carboxylic acids is 2. The van der Waals surface area contributed by atoms with Gasteiger partial charge in [0.2, 0.25) is 0 Å². The Morgan fingerprint density at radius 1 is 0.938 bits per heavy atom. The summed E-state index contributed by atoms with van der Waals surface area (Å²) in [5.74, 6) is -0.926. The second kappa shape index (κ2) is 9.20. The summed E-state index contributed by atoms with van der Waals surface area (Å²) in [5, 5.41) is 4.09. The van der Waals surface area contributed by atoms with E-state index in [1.165, 1.54) is 28.4 Å². The number of nitrogens with zero attached hydrogens (tertiary/aromatic N) is 3. The standard InChI is InChI=1S/C23H25N3O6/c1-29-18-11-10-15(12-19(18)30-2)16-13-22(20(27)31-3,21(28)32-4)23(14-16,25-26-24)17-8-6-5-7-9-17/h5-12,16H,13-14H2,1-4H3/t16-,23+/m0/s1. The van der Waals surface area contributed by atoms with Crippen molar-refractivity contribution >= 4 is 11.9 Å². The summed E-state index contributed by atoms with van der Waals surface area (Å²) in [6.07, 6.45) is 0.205. The molecule has 3 rings (SSSR count). The van der Waals surface area contributed by atoms with Crippen LogP contribution in [0.2, 0.25) is 0 Å². The first-order valence-corrected chi connectivity index (χ1v) is 9.94. The predicted molar refractivity (Wildman–Crippen MR) is 115 cm³/mol. The molecule has 0 saturated heterocycles. The van der Waals surface area contributed by atoms with Crippen molar-refractivity contribution in [2.45, 2.75) is 24.3 Å². The molecule has 2 aromatic carbocycles. The Labute approximate surface area is 185 Å². The van der Waals surface area contributed by atoms with Gasteiger partial charge in [0.05, 0.1) is 28.4 Å². The van der Waals surface area contributed by atoms with E-state index in [1.807, 2.05) is 6.07 Å². The lowest BCUT2D eigenvalue weighted by Crippen LogP contribution is -2.52. The molecule has 0 aliphatic heterocycles. The largest absolute Gasteiger partial charge is 0.493 e. The molecule has 1 fully saturated rings. The lowest BCUT2D eigenvalue weighted by molar-refractivity contribution is -0.173. The van der Waals surface area contributed by atoms with Gasteiger partial charge in [-0.15, -0.1) is 0 Å². The number of carbonyl (C=O) groups is 2. The van der Waals surface area contributed by atoms with Crippen molar-refractivity contribution in [3.05, 3.63) is 70.1 Å². The van der Waals surface area contributed by atoms with Gasteiger partial charge in [0.25, 0.3) is 0 Å². The molecule has 2 aromatic rings. The van der Waals surface area contributed by atoms with E-state index in [4.69, 9.17) is 18.9 Å². The highest BCUT2D eigenvalue weighted by molar-refractivity contribution is 6.02. The Hall–Kier alpha value is -3.71. The van der Waals surface area contributed by atoms with E-state index in [0.29, 0.717) is 17.1 Å². The molecule has 0 aromatic heterocycles. The molecule has 0 unspecified atom stereocenters.